The lowest BCUT2D eigenvalue weighted by molar-refractivity contribution is 0.102. The van der Waals surface area contributed by atoms with Crippen LogP contribution in [0.1, 0.15) is 16.9 Å². The number of benzene rings is 1. The van der Waals surface area contributed by atoms with Gasteiger partial charge in [0.1, 0.15) is 23.6 Å². The Labute approximate surface area is 152 Å². The largest absolute Gasteiger partial charge is 0.497 e. The minimum atomic E-state index is -3.00. The van der Waals surface area contributed by atoms with Crippen LogP contribution in [-0.4, -0.2) is 56.0 Å². The molecule has 1 aliphatic heterocycles. The third-order valence-corrected chi connectivity index (χ3v) is 6.10. The summed E-state index contributed by atoms with van der Waals surface area (Å²) in [4.78, 5) is 22.4. The molecular formula is C17H20N4O4S. The van der Waals surface area contributed by atoms with Crippen molar-refractivity contribution in [1.29, 1.82) is 0 Å². The smallest absolute Gasteiger partial charge is 0.274 e. The van der Waals surface area contributed by atoms with Gasteiger partial charge in [-0.2, -0.15) is 0 Å². The average molecular weight is 376 g/mol. The Bertz CT molecular complexity index is 899. The topological polar surface area (TPSA) is 101 Å². The fraction of sp³-hybridized carbons (Fsp3) is 0.353. The third-order valence-electron chi connectivity index (χ3n) is 4.35. The quantitative estimate of drug-likeness (QED) is 0.841. The number of ether oxygens (including phenoxy) is 1. The zero-order valence-corrected chi connectivity index (χ0v) is 15.4. The first kappa shape index (κ1) is 18.1. The number of sulfone groups is 1. The van der Waals surface area contributed by atoms with E-state index in [0.717, 1.165) is 0 Å². The van der Waals surface area contributed by atoms with Crippen LogP contribution >= 0.6 is 0 Å². The fourth-order valence-corrected chi connectivity index (χ4v) is 4.58. The highest BCUT2D eigenvalue weighted by Gasteiger charge is 2.31. The predicted molar refractivity (Wildman–Crippen MR) is 98.4 cm³/mol. The average Bonchev–Trinajstić information content (AvgIpc) is 3.01. The van der Waals surface area contributed by atoms with Crippen LogP contribution in [0.4, 0.5) is 11.5 Å². The van der Waals surface area contributed by atoms with Gasteiger partial charge in [-0.1, -0.05) is 0 Å². The maximum atomic E-state index is 12.4. The summed E-state index contributed by atoms with van der Waals surface area (Å²) >= 11 is 0. The lowest BCUT2D eigenvalue weighted by Crippen LogP contribution is -2.33. The van der Waals surface area contributed by atoms with Crippen molar-refractivity contribution in [3.63, 3.8) is 0 Å². The molecule has 0 spiro atoms. The van der Waals surface area contributed by atoms with Crippen LogP contribution in [0.5, 0.6) is 5.75 Å². The summed E-state index contributed by atoms with van der Waals surface area (Å²) in [7, 11) is 0.352. The van der Waals surface area contributed by atoms with Crippen LogP contribution in [0.25, 0.3) is 0 Å². The number of aromatic nitrogens is 2. The number of nitrogens with one attached hydrogen (secondary N) is 1. The summed E-state index contributed by atoms with van der Waals surface area (Å²) in [6.45, 7) is 0. The molecule has 8 nitrogen and oxygen atoms in total. The monoisotopic (exact) mass is 376 g/mol. The van der Waals surface area contributed by atoms with Crippen molar-refractivity contribution >= 4 is 27.2 Å². The van der Waals surface area contributed by atoms with Gasteiger partial charge in [0.15, 0.2) is 9.84 Å². The fourth-order valence-electron chi connectivity index (χ4n) is 2.80. The van der Waals surface area contributed by atoms with Crippen molar-refractivity contribution in [2.24, 2.45) is 0 Å². The lowest BCUT2D eigenvalue weighted by Gasteiger charge is -2.24. The molecule has 1 saturated heterocycles. The van der Waals surface area contributed by atoms with Gasteiger partial charge >= 0.3 is 0 Å². The van der Waals surface area contributed by atoms with E-state index in [0.29, 0.717) is 23.7 Å². The molecule has 26 heavy (non-hydrogen) atoms. The molecule has 0 bridgehead atoms. The summed E-state index contributed by atoms with van der Waals surface area (Å²) < 4.78 is 28.4. The Kier molecular flexibility index (Phi) is 5.08. The number of hydrogen-bond donors (Lipinski definition) is 1. The molecule has 138 valence electrons. The van der Waals surface area contributed by atoms with Crippen molar-refractivity contribution in [2.45, 2.75) is 12.5 Å². The second kappa shape index (κ2) is 7.28. The second-order valence-electron chi connectivity index (χ2n) is 6.11. The van der Waals surface area contributed by atoms with Crippen LogP contribution in [0.2, 0.25) is 0 Å². The molecule has 0 radical (unpaired) electrons. The molecule has 1 aromatic heterocycles. The minimum absolute atomic E-state index is 0.0981. The Balaban J connectivity index is 1.72. The van der Waals surface area contributed by atoms with E-state index in [2.05, 4.69) is 15.3 Å². The molecule has 1 fully saturated rings. The number of nitrogens with zero attached hydrogens (tertiary/aromatic N) is 3. The Morgan fingerprint density at radius 1 is 1.27 bits per heavy atom. The first-order chi connectivity index (χ1) is 12.4. The summed E-state index contributed by atoms with van der Waals surface area (Å²) in [6, 6.07) is 8.37. The van der Waals surface area contributed by atoms with E-state index in [9.17, 15) is 13.2 Å². The van der Waals surface area contributed by atoms with Crippen molar-refractivity contribution < 1.29 is 17.9 Å². The van der Waals surface area contributed by atoms with E-state index in [-0.39, 0.29) is 29.1 Å². The van der Waals surface area contributed by atoms with Crippen LogP contribution in [0, 0.1) is 0 Å². The van der Waals surface area contributed by atoms with E-state index in [1.54, 1.807) is 49.4 Å². The first-order valence-electron chi connectivity index (χ1n) is 8.09. The zero-order valence-electron chi connectivity index (χ0n) is 14.5. The first-order valence-corrected chi connectivity index (χ1v) is 9.91. The molecule has 1 aromatic carbocycles. The van der Waals surface area contributed by atoms with Gasteiger partial charge in [-0.15, -0.1) is 0 Å². The number of anilines is 2. The number of carbonyl (C=O) groups is 1. The SMILES string of the molecule is COc1ccc(NC(=O)c2cc(N(C)C3CCS(=O)(=O)C3)ncn2)cc1. The molecule has 1 unspecified atom stereocenters. The van der Waals surface area contributed by atoms with Crippen LogP contribution < -0.4 is 15.0 Å². The normalized spacial score (nSPS) is 18.3. The Hall–Kier alpha value is -2.68. The van der Waals surface area contributed by atoms with E-state index >= 15 is 0 Å². The molecule has 2 aromatic rings. The number of amides is 1. The van der Waals surface area contributed by atoms with Gasteiger partial charge in [0, 0.05) is 24.8 Å². The predicted octanol–water partition coefficient (Wildman–Crippen LogP) is 1.36. The third kappa shape index (κ3) is 4.10. The van der Waals surface area contributed by atoms with Crippen LogP contribution in [0.3, 0.4) is 0 Å². The van der Waals surface area contributed by atoms with Gasteiger partial charge in [-0.25, -0.2) is 18.4 Å². The van der Waals surface area contributed by atoms with E-state index < -0.39 is 9.84 Å². The molecule has 0 aliphatic carbocycles. The van der Waals surface area contributed by atoms with Crippen molar-refractivity contribution in [3.8, 4) is 5.75 Å². The number of hydrogen-bond acceptors (Lipinski definition) is 7. The maximum absolute atomic E-state index is 12.4. The molecule has 1 amide bonds. The van der Waals surface area contributed by atoms with Gasteiger partial charge in [0.25, 0.3) is 5.91 Å². The molecule has 2 heterocycles. The summed E-state index contributed by atoms with van der Waals surface area (Å²) in [5, 5.41) is 2.76. The molecule has 0 saturated carbocycles. The molecule has 3 rings (SSSR count). The molecule has 1 N–H and O–H groups in total. The summed E-state index contributed by atoms with van der Waals surface area (Å²) in [6.07, 6.45) is 1.86. The molecule has 1 atom stereocenters. The van der Waals surface area contributed by atoms with Gasteiger partial charge < -0.3 is 15.0 Å². The highest BCUT2D eigenvalue weighted by Crippen LogP contribution is 2.22. The highest BCUT2D eigenvalue weighted by molar-refractivity contribution is 7.91. The minimum Gasteiger partial charge on any atom is -0.497 e. The van der Waals surface area contributed by atoms with Gasteiger partial charge in [-0.05, 0) is 30.7 Å². The Morgan fingerprint density at radius 2 is 2.00 bits per heavy atom. The molecular weight excluding hydrogens is 356 g/mol. The van der Waals surface area contributed by atoms with E-state index in [1.165, 1.54) is 6.33 Å². The number of carbonyl (C=O) groups excluding carboxylic acids is 1. The van der Waals surface area contributed by atoms with Crippen LogP contribution in [0.15, 0.2) is 36.7 Å². The number of methoxy groups -OCH3 is 1. The number of rotatable bonds is 5. The standard InChI is InChI=1S/C17H20N4O4S/c1-21(13-7-8-26(23,24)10-13)16-9-15(18-11-19-16)17(22)20-12-3-5-14(25-2)6-4-12/h3-6,9,11,13H,7-8,10H2,1-2H3,(H,20,22). The van der Waals surface area contributed by atoms with Crippen molar-refractivity contribution in [2.75, 3.05) is 35.9 Å². The van der Waals surface area contributed by atoms with Gasteiger partial charge in [-0.3, -0.25) is 4.79 Å². The van der Waals surface area contributed by atoms with Crippen molar-refractivity contribution in [3.05, 3.63) is 42.4 Å². The molecule has 9 heteroatoms. The second-order valence-corrected chi connectivity index (χ2v) is 8.34. The molecule has 1 aliphatic rings. The highest BCUT2D eigenvalue weighted by atomic mass is 32.2. The Morgan fingerprint density at radius 3 is 2.62 bits per heavy atom. The van der Waals surface area contributed by atoms with Crippen LogP contribution in [-0.2, 0) is 9.84 Å². The van der Waals surface area contributed by atoms with E-state index in [4.69, 9.17) is 4.74 Å². The summed E-state index contributed by atoms with van der Waals surface area (Å²) in [5.74, 6) is 1.12. The zero-order chi connectivity index (χ0) is 18.7. The lowest BCUT2D eigenvalue weighted by atomic mass is 10.2. The van der Waals surface area contributed by atoms with Gasteiger partial charge in [0.05, 0.1) is 18.6 Å². The maximum Gasteiger partial charge on any atom is 0.274 e. The van der Waals surface area contributed by atoms with Crippen molar-refractivity contribution in [1.82, 2.24) is 9.97 Å². The van der Waals surface area contributed by atoms with E-state index in [1.807, 2.05) is 0 Å². The van der Waals surface area contributed by atoms with Gasteiger partial charge in [0.2, 0.25) is 0 Å². The summed E-state index contributed by atoms with van der Waals surface area (Å²) in [5.41, 5.74) is 0.824.